The molecule has 2 N–H and O–H groups in total. The minimum absolute atomic E-state index is 0.459. The SMILES string of the molecule is CCN1CCCCC(CN)C1c1cccnc1. The van der Waals surface area contributed by atoms with Crippen molar-refractivity contribution < 1.29 is 0 Å². The predicted molar refractivity (Wildman–Crippen MR) is 70.6 cm³/mol. The zero-order chi connectivity index (χ0) is 12.1. The fraction of sp³-hybridized carbons (Fsp3) is 0.643. The highest BCUT2D eigenvalue weighted by atomic mass is 15.2. The van der Waals surface area contributed by atoms with Crippen LogP contribution in [0.3, 0.4) is 0 Å². The highest BCUT2D eigenvalue weighted by Gasteiger charge is 2.29. The maximum absolute atomic E-state index is 5.97. The molecular formula is C14H23N3. The van der Waals surface area contributed by atoms with Crippen LogP contribution >= 0.6 is 0 Å². The Kier molecular flexibility index (Phi) is 4.51. The van der Waals surface area contributed by atoms with E-state index < -0.39 is 0 Å². The number of pyridine rings is 1. The number of aromatic nitrogens is 1. The third kappa shape index (κ3) is 2.85. The molecule has 0 aromatic carbocycles. The standard InChI is InChI=1S/C14H23N3/c1-2-17-9-4-3-6-12(10-15)14(17)13-7-5-8-16-11-13/h5,7-8,11-12,14H,2-4,6,9-10,15H2,1H3. The number of nitrogens with two attached hydrogens (primary N) is 1. The molecule has 0 radical (unpaired) electrons. The van der Waals surface area contributed by atoms with Crippen molar-refractivity contribution in [3.05, 3.63) is 30.1 Å². The Morgan fingerprint density at radius 2 is 2.35 bits per heavy atom. The van der Waals surface area contributed by atoms with Crippen LogP contribution in [0.2, 0.25) is 0 Å². The van der Waals surface area contributed by atoms with Crippen molar-refractivity contribution in [3.8, 4) is 0 Å². The zero-order valence-corrected chi connectivity index (χ0v) is 10.7. The summed E-state index contributed by atoms with van der Waals surface area (Å²) in [4.78, 5) is 6.82. The lowest BCUT2D eigenvalue weighted by Crippen LogP contribution is -2.35. The highest BCUT2D eigenvalue weighted by Crippen LogP contribution is 2.33. The fourth-order valence-corrected chi connectivity index (χ4v) is 2.95. The molecule has 2 rings (SSSR count). The average molecular weight is 233 g/mol. The Morgan fingerprint density at radius 1 is 1.47 bits per heavy atom. The summed E-state index contributed by atoms with van der Waals surface area (Å²) in [6.07, 6.45) is 7.68. The molecule has 2 unspecified atom stereocenters. The summed E-state index contributed by atoms with van der Waals surface area (Å²) in [6.45, 7) is 5.29. The lowest BCUT2D eigenvalue weighted by atomic mass is 9.90. The summed E-state index contributed by atoms with van der Waals surface area (Å²) >= 11 is 0. The van der Waals surface area contributed by atoms with E-state index in [0.717, 1.165) is 13.1 Å². The number of nitrogens with zero attached hydrogens (tertiary/aromatic N) is 2. The van der Waals surface area contributed by atoms with Gasteiger partial charge in [0.05, 0.1) is 0 Å². The molecule has 0 aliphatic carbocycles. The normalized spacial score (nSPS) is 26.7. The maximum Gasteiger partial charge on any atom is 0.0403 e. The molecule has 3 heteroatoms. The molecule has 1 aromatic heterocycles. The molecule has 1 saturated heterocycles. The van der Waals surface area contributed by atoms with Crippen molar-refractivity contribution in [2.75, 3.05) is 19.6 Å². The van der Waals surface area contributed by atoms with Crippen LogP contribution in [0.25, 0.3) is 0 Å². The molecule has 0 saturated carbocycles. The van der Waals surface area contributed by atoms with E-state index >= 15 is 0 Å². The van der Waals surface area contributed by atoms with E-state index in [4.69, 9.17) is 5.73 Å². The topological polar surface area (TPSA) is 42.1 Å². The van der Waals surface area contributed by atoms with Crippen LogP contribution in [-0.4, -0.2) is 29.5 Å². The van der Waals surface area contributed by atoms with Crippen molar-refractivity contribution in [2.45, 2.75) is 32.2 Å². The Balaban J connectivity index is 2.28. The quantitative estimate of drug-likeness (QED) is 0.870. The van der Waals surface area contributed by atoms with E-state index in [2.05, 4.69) is 22.9 Å². The van der Waals surface area contributed by atoms with Gasteiger partial charge in [-0.15, -0.1) is 0 Å². The number of hydrogen-bond donors (Lipinski definition) is 1. The van der Waals surface area contributed by atoms with E-state index in [1.807, 2.05) is 18.5 Å². The van der Waals surface area contributed by atoms with Crippen LogP contribution in [-0.2, 0) is 0 Å². The monoisotopic (exact) mass is 233 g/mol. The third-order valence-electron chi connectivity index (χ3n) is 3.85. The summed E-state index contributed by atoms with van der Waals surface area (Å²) in [7, 11) is 0. The van der Waals surface area contributed by atoms with Gasteiger partial charge < -0.3 is 5.73 Å². The van der Waals surface area contributed by atoms with Gasteiger partial charge >= 0.3 is 0 Å². The van der Waals surface area contributed by atoms with Crippen LogP contribution in [0.4, 0.5) is 0 Å². The van der Waals surface area contributed by atoms with Crippen LogP contribution in [0.1, 0.15) is 37.8 Å². The molecule has 0 spiro atoms. The molecule has 2 heterocycles. The molecule has 1 aliphatic heterocycles. The second kappa shape index (κ2) is 6.12. The molecular weight excluding hydrogens is 210 g/mol. The molecule has 0 bridgehead atoms. The Labute approximate surface area is 104 Å². The highest BCUT2D eigenvalue weighted by molar-refractivity contribution is 5.16. The first-order valence-electron chi connectivity index (χ1n) is 6.70. The molecule has 17 heavy (non-hydrogen) atoms. The minimum atomic E-state index is 0.459. The largest absolute Gasteiger partial charge is 0.330 e. The van der Waals surface area contributed by atoms with Gasteiger partial charge in [0.15, 0.2) is 0 Å². The van der Waals surface area contributed by atoms with Gasteiger partial charge in [0.25, 0.3) is 0 Å². The Morgan fingerprint density at radius 3 is 3.00 bits per heavy atom. The zero-order valence-electron chi connectivity index (χ0n) is 10.7. The Bertz CT molecular complexity index is 311. The van der Waals surface area contributed by atoms with Gasteiger partial charge in [-0.05, 0) is 50.0 Å². The average Bonchev–Trinajstić information content (AvgIpc) is 2.61. The molecule has 1 fully saturated rings. The van der Waals surface area contributed by atoms with Crippen molar-refractivity contribution in [1.82, 2.24) is 9.88 Å². The minimum Gasteiger partial charge on any atom is -0.330 e. The fourth-order valence-electron chi connectivity index (χ4n) is 2.95. The molecule has 3 nitrogen and oxygen atoms in total. The van der Waals surface area contributed by atoms with Crippen molar-refractivity contribution >= 4 is 0 Å². The van der Waals surface area contributed by atoms with Crippen molar-refractivity contribution in [1.29, 1.82) is 0 Å². The van der Waals surface area contributed by atoms with Gasteiger partial charge in [0.2, 0.25) is 0 Å². The number of likely N-dealkylation sites (tertiary alicyclic amines) is 1. The number of hydrogen-bond acceptors (Lipinski definition) is 3. The van der Waals surface area contributed by atoms with Crippen molar-refractivity contribution in [2.24, 2.45) is 11.7 Å². The molecule has 0 amide bonds. The summed E-state index contributed by atoms with van der Waals surface area (Å²) in [5.74, 6) is 0.571. The van der Waals surface area contributed by atoms with Gasteiger partial charge in [0.1, 0.15) is 0 Å². The first kappa shape index (κ1) is 12.5. The summed E-state index contributed by atoms with van der Waals surface area (Å²) in [5, 5.41) is 0. The first-order valence-corrected chi connectivity index (χ1v) is 6.70. The first-order chi connectivity index (χ1) is 8.36. The van der Waals surface area contributed by atoms with Crippen LogP contribution in [0.5, 0.6) is 0 Å². The second-order valence-corrected chi connectivity index (χ2v) is 4.85. The van der Waals surface area contributed by atoms with Crippen molar-refractivity contribution in [3.63, 3.8) is 0 Å². The van der Waals surface area contributed by atoms with Crippen LogP contribution in [0, 0.1) is 5.92 Å². The van der Waals surface area contributed by atoms with Gasteiger partial charge in [-0.1, -0.05) is 19.4 Å². The summed E-state index contributed by atoms with van der Waals surface area (Å²) < 4.78 is 0. The summed E-state index contributed by atoms with van der Waals surface area (Å²) in [5.41, 5.74) is 7.30. The molecule has 94 valence electrons. The Hall–Kier alpha value is -0.930. The molecule has 1 aliphatic rings. The maximum atomic E-state index is 5.97. The van der Waals surface area contributed by atoms with Gasteiger partial charge in [-0.3, -0.25) is 9.88 Å². The predicted octanol–water partition coefficient (Wildman–Crippen LogP) is 2.20. The number of rotatable bonds is 3. The van der Waals surface area contributed by atoms with Gasteiger partial charge in [-0.25, -0.2) is 0 Å². The molecule has 2 atom stereocenters. The third-order valence-corrected chi connectivity index (χ3v) is 3.85. The summed E-state index contributed by atoms with van der Waals surface area (Å²) in [6, 6.07) is 4.68. The smallest absolute Gasteiger partial charge is 0.0403 e. The van der Waals surface area contributed by atoms with E-state index in [0.29, 0.717) is 12.0 Å². The van der Waals surface area contributed by atoms with E-state index in [-0.39, 0.29) is 0 Å². The van der Waals surface area contributed by atoms with E-state index in [1.54, 1.807) is 0 Å². The second-order valence-electron chi connectivity index (χ2n) is 4.85. The van der Waals surface area contributed by atoms with Crippen LogP contribution < -0.4 is 5.73 Å². The van der Waals surface area contributed by atoms with E-state index in [9.17, 15) is 0 Å². The van der Waals surface area contributed by atoms with E-state index in [1.165, 1.54) is 31.4 Å². The molecule has 1 aromatic rings. The van der Waals surface area contributed by atoms with Gasteiger partial charge in [-0.2, -0.15) is 0 Å². The van der Waals surface area contributed by atoms with Crippen LogP contribution in [0.15, 0.2) is 24.5 Å². The lowest BCUT2D eigenvalue weighted by Gasteiger charge is -2.34. The lowest BCUT2D eigenvalue weighted by molar-refractivity contribution is 0.166. The van der Waals surface area contributed by atoms with Gasteiger partial charge in [0, 0.05) is 18.4 Å².